The Bertz CT molecular complexity index is 1060. The van der Waals surface area contributed by atoms with Crippen molar-refractivity contribution < 1.29 is 33.0 Å². The molecular formula is C32H42NO6+. The van der Waals surface area contributed by atoms with E-state index in [-0.39, 0.29) is 18.6 Å². The highest BCUT2D eigenvalue weighted by molar-refractivity contribution is 5.86. The topological polar surface area (TPSA) is 71.1 Å². The molecule has 7 nitrogen and oxygen atoms in total. The van der Waals surface area contributed by atoms with Gasteiger partial charge >= 0.3 is 12.1 Å². The van der Waals surface area contributed by atoms with Gasteiger partial charge in [0.25, 0.3) is 0 Å². The molecule has 7 heteroatoms. The molecule has 0 amide bonds. The molecule has 5 rings (SSSR count). The third-order valence-electron chi connectivity index (χ3n) is 8.82. The van der Waals surface area contributed by atoms with Crippen LogP contribution in [0.5, 0.6) is 0 Å². The monoisotopic (exact) mass is 536 g/mol. The molecule has 1 spiro atoms. The van der Waals surface area contributed by atoms with Crippen LogP contribution in [-0.2, 0) is 29.3 Å². The molecule has 2 aromatic rings. The molecule has 3 heterocycles. The number of carbonyl (C=O) groups is 2. The first kappa shape index (κ1) is 27.7. The van der Waals surface area contributed by atoms with Gasteiger partial charge in [-0.05, 0) is 24.0 Å². The third-order valence-corrected chi connectivity index (χ3v) is 8.82. The van der Waals surface area contributed by atoms with Gasteiger partial charge in [-0.25, -0.2) is 9.59 Å². The zero-order chi connectivity index (χ0) is 27.5. The highest BCUT2D eigenvalue weighted by atomic mass is 16.8. The van der Waals surface area contributed by atoms with Gasteiger partial charge in [0.15, 0.2) is 0 Å². The second kappa shape index (κ2) is 11.7. The minimum absolute atomic E-state index is 0.165. The zero-order valence-corrected chi connectivity index (χ0v) is 23.4. The fourth-order valence-corrected chi connectivity index (χ4v) is 7.15. The normalized spacial score (nSPS) is 24.5. The Labute approximate surface area is 232 Å². The van der Waals surface area contributed by atoms with Crippen molar-refractivity contribution in [3.63, 3.8) is 0 Å². The number of carbonyl (C=O) groups excluding carboxylic acids is 2. The highest BCUT2D eigenvalue weighted by Gasteiger charge is 2.57. The van der Waals surface area contributed by atoms with E-state index in [1.54, 1.807) is 6.92 Å². The van der Waals surface area contributed by atoms with Crippen LogP contribution >= 0.6 is 0 Å². The van der Waals surface area contributed by atoms with Crippen molar-refractivity contribution in [2.24, 2.45) is 5.92 Å². The zero-order valence-electron chi connectivity index (χ0n) is 23.4. The number of rotatable bonds is 9. The van der Waals surface area contributed by atoms with E-state index < -0.39 is 24.0 Å². The van der Waals surface area contributed by atoms with Crippen LogP contribution in [0.4, 0.5) is 4.79 Å². The SMILES string of the molecule is CC(C)COC(=O)OC(C)OC(C(=O)OC1CC2CCC(C1)[N+]21CCCC1)(c1ccccc1)c1ccccc1. The predicted molar refractivity (Wildman–Crippen MR) is 147 cm³/mol. The van der Waals surface area contributed by atoms with Gasteiger partial charge in [-0.1, -0.05) is 74.5 Å². The van der Waals surface area contributed by atoms with E-state index in [0.717, 1.165) is 12.8 Å². The number of esters is 1. The van der Waals surface area contributed by atoms with Gasteiger partial charge in [-0.15, -0.1) is 0 Å². The maximum absolute atomic E-state index is 14.4. The lowest BCUT2D eigenvalue weighted by atomic mass is 9.85. The Morgan fingerprint density at radius 2 is 1.41 bits per heavy atom. The summed E-state index contributed by atoms with van der Waals surface area (Å²) in [6, 6.07) is 19.8. The van der Waals surface area contributed by atoms with Crippen LogP contribution in [0.15, 0.2) is 60.7 Å². The van der Waals surface area contributed by atoms with E-state index in [9.17, 15) is 9.59 Å². The van der Waals surface area contributed by atoms with E-state index in [4.69, 9.17) is 18.9 Å². The number of ether oxygens (including phenoxy) is 4. The maximum Gasteiger partial charge on any atom is 0.510 e. The van der Waals surface area contributed by atoms with Crippen LogP contribution in [0.2, 0.25) is 0 Å². The summed E-state index contributed by atoms with van der Waals surface area (Å²) >= 11 is 0. The molecule has 39 heavy (non-hydrogen) atoms. The molecule has 0 radical (unpaired) electrons. The van der Waals surface area contributed by atoms with Crippen molar-refractivity contribution in [1.82, 2.24) is 0 Å². The van der Waals surface area contributed by atoms with E-state index in [0.29, 0.717) is 23.2 Å². The van der Waals surface area contributed by atoms with Crippen molar-refractivity contribution in [3.8, 4) is 0 Å². The molecule has 3 atom stereocenters. The molecule has 0 aliphatic carbocycles. The van der Waals surface area contributed by atoms with E-state index in [1.807, 2.05) is 74.5 Å². The van der Waals surface area contributed by atoms with Gasteiger partial charge in [0, 0.05) is 38.5 Å². The molecule has 3 aliphatic heterocycles. The van der Waals surface area contributed by atoms with Gasteiger partial charge in [0.05, 0.1) is 31.8 Å². The third kappa shape index (κ3) is 5.57. The Kier molecular flexibility index (Phi) is 8.29. The molecule has 2 bridgehead atoms. The van der Waals surface area contributed by atoms with Crippen LogP contribution in [0, 0.1) is 5.92 Å². The molecule has 0 saturated carbocycles. The first-order chi connectivity index (χ1) is 18.8. The van der Waals surface area contributed by atoms with Crippen LogP contribution in [0.1, 0.15) is 70.4 Å². The van der Waals surface area contributed by atoms with Gasteiger partial charge in [0.1, 0.15) is 6.10 Å². The van der Waals surface area contributed by atoms with Crippen molar-refractivity contribution >= 4 is 12.1 Å². The summed E-state index contributed by atoms with van der Waals surface area (Å²) < 4.78 is 24.7. The Balaban J connectivity index is 1.42. The van der Waals surface area contributed by atoms with Gasteiger partial charge in [0.2, 0.25) is 11.9 Å². The van der Waals surface area contributed by atoms with Crippen molar-refractivity contribution in [2.45, 2.75) is 89.4 Å². The van der Waals surface area contributed by atoms with E-state index in [2.05, 4.69) is 0 Å². The van der Waals surface area contributed by atoms with Gasteiger partial charge in [-0.3, -0.25) is 0 Å². The van der Waals surface area contributed by atoms with Gasteiger partial charge in [-0.2, -0.15) is 0 Å². The number of hydrogen-bond acceptors (Lipinski definition) is 6. The summed E-state index contributed by atoms with van der Waals surface area (Å²) in [5, 5.41) is 0. The van der Waals surface area contributed by atoms with Crippen LogP contribution < -0.4 is 0 Å². The lowest BCUT2D eigenvalue weighted by Crippen LogP contribution is -2.60. The van der Waals surface area contributed by atoms with Crippen molar-refractivity contribution in [2.75, 3.05) is 19.7 Å². The second-order valence-electron chi connectivity index (χ2n) is 11.8. The first-order valence-corrected chi connectivity index (χ1v) is 14.5. The van der Waals surface area contributed by atoms with Gasteiger partial charge < -0.3 is 23.4 Å². The molecule has 3 unspecified atom stereocenters. The maximum atomic E-state index is 14.4. The fraction of sp³-hybridized carbons (Fsp3) is 0.562. The molecule has 2 aromatic carbocycles. The molecular weight excluding hydrogens is 494 g/mol. The number of piperidine rings is 1. The van der Waals surface area contributed by atoms with Crippen molar-refractivity contribution in [3.05, 3.63) is 71.8 Å². The number of quaternary nitrogens is 1. The fourth-order valence-electron chi connectivity index (χ4n) is 7.15. The largest absolute Gasteiger partial charge is 0.510 e. The van der Waals surface area contributed by atoms with E-state index in [1.165, 1.54) is 43.3 Å². The molecule has 0 aromatic heterocycles. The van der Waals surface area contributed by atoms with Crippen LogP contribution in [-0.4, -0.2) is 60.8 Å². The number of benzene rings is 2. The quantitative estimate of drug-likeness (QED) is 0.224. The molecule has 210 valence electrons. The number of nitrogens with zero attached hydrogens (tertiary/aromatic N) is 1. The van der Waals surface area contributed by atoms with Crippen LogP contribution in [0.25, 0.3) is 0 Å². The molecule has 3 saturated heterocycles. The summed E-state index contributed by atoms with van der Waals surface area (Å²) in [6.45, 7) is 8.26. The summed E-state index contributed by atoms with van der Waals surface area (Å²) in [5.41, 5.74) is -0.375. The summed E-state index contributed by atoms with van der Waals surface area (Å²) in [6.07, 6.45) is 4.72. The average molecular weight is 537 g/mol. The Morgan fingerprint density at radius 3 is 1.92 bits per heavy atom. The first-order valence-electron chi connectivity index (χ1n) is 14.5. The van der Waals surface area contributed by atoms with E-state index >= 15 is 0 Å². The minimum Gasteiger partial charge on any atom is -0.459 e. The smallest absolute Gasteiger partial charge is 0.459 e. The predicted octanol–water partition coefficient (Wildman–Crippen LogP) is 5.95. The highest BCUT2D eigenvalue weighted by Crippen LogP contribution is 2.47. The summed E-state index contributed by atoms with van der Waals surface area (Å²) in [4.78, 5) is 26.8. The lowest BCUT2D eigenvalue weighted by Gasteiger charge is -2.47. The van der Waals surface area contributed by atoms with Crippen LogP contribution in [0.3, 0.4) is 0 Å². The summed E-state index contributed by atoms with van der Waals surface area (Å²) in [5.74, 6) is -0.311. The Morgan fingerprint density at radius 1 is 0.872 bits per heavy atom. The molecule has 0 N–H and O–H groups in total. The standard InChI is InChI=1S/C32H42NO6/c1-23(2)22-36-31(35)37-24(3)39-32(25-12-6-4-7-13-25,26-14-8-5-9-15-26)30(34)38-29-20-27-16-17-28(21-29)33(27)18-10-11-19-33/h4-9,12-15,23-24,27-29H,10-11,16-22H2,1-3H3/q+1. The molecule has 3 fully saturated rings. The second-order valence-corrected chi connectivity index (χ2v) is 11.8. The average Bonchev–Trinajstić information content (AvgIpc) is 3.48. The lowest BCUT2D eigenvalue weighted by molar-refractivity contribution is -0.956. The Hall–Kier alpha value is -2.90. The summed E-state index contributed by atoms with van der Waals surface area (Å²) in [7, 11) is 0. The minimum atomic E-state index is -1.61. The van der Waals surface area contributed by atoms with Crippen molar-refractivity contribution in [1.29, 1.82) is 0 Å². The number of hydrogen-bond donors (Lipinski definition) is 0. The molecule has 3 aliphatic rings.